The zero-order chi connectivity index (χ0) is 17.4. The number of carboxylic acids is 1. The molecule has 0 atom stereocenters. The Morgan fingerprint density at radius 1 is 1.42 bits per heavy atom. The van der Waals surface area contributed by atoms with Crippen LogP contribution in [0.2, 0.25) is 0 Å². The minimum absolute atomic E-state index is 0.340. The monoisotopic (exact) mass is 328 g/mol. The van der Waals surface area contributed by atoms with Crippen molar-refractivity contribution in [3.05, 3.63) is 45.8 Å². The Balaban J connectivity index is 1.77. The molecule has 2 N–H and O–H groups in total. The molecule has 0 saturated heterocycles. The summed E-state index contributed by atoms with van der Waals surface area (Å²) in [6.45, 7) is 10.3. The quantitative estimate of drug-likeness (QED) is 0.902. The fourth-order valence-electron chi connectivity index (χ4n) is 3.32. The van der Waals surface area contributed by atoms with Crippen LogP contribution in [-0.4, -0.2) is 37.5 Å². The summed E-state index contributed by atoms with van der Waals surface area (Å²) in [5.41, 5.74) is 5.25. The van der Waals surface area contributed by atoms with E-state index in [0.717, 1.165) is 48.0 Å². The normalized spacial score (nSPS) is 14.9. The zero-order valence-electron chi connectivity index (χ0n) is 14.7. The Kier molecular flexibility index (Phi) is 4.41. The van der Waals surface area contributed by atoms with Gasteiger partial charge in [-0.1, -0.05) is 13.8 Å². The van der Waals surface area contributed by atoms with Crippen LogP contribution in [0.1, 0.15) is 64.2 Å². The van der Waals surface area contributed by atoms with Gasteiger partial charge in [0.15, 0.2) is 0 Å². The molecular weight excluding hydrogens is 304 g/mol. The van der Waals surface area contributed by atoms with Crippen molar-refractivity contribution in [2.45, 2.75) is 53.1 Å². The van der Waals surface area contributed by atoms with Gasteiger partial charge in [0.05, 0.1) is 5.56 Å². The summed E-state index contributed by atoms with van der Waals surface area (Å²) in [6, 6.07) is 0. The van der Waals surface area contributed by atoms with Crippen molar-refractivity contribution in [3.8, 4) is 0 Å². The van der Waals surface area contributed by atoms with Gasteiger partial charge >= 0.3 is 5.97 Å². The van der Waals surface area contributed by atoms with E-state index in [1.807, 2.05) is 20.0 Å². The minimum Gasteiger partial charge on any atom is -0.478 e. The number of rotatable bonds is 4. The highest BCUT2D eigenvalue weighted by molar-refractivity contribution is 5.91. The SMILES string of the molecule is Cc1[nH]c(CN2CCc3nc(C(C)C)ncc3C2)c(C)c1C(=O)O. The summed E-state index contributed by atoms with van der Waals surface area (Å²) < 4.78 is 0. The van der Waals surface area contributed by atoms with Gasteiger partial charge in [0.2, 0.25) is 0 Å². The number of carbonyl (C=O) groups is 1. The molecule has 1 aliphatic heterocycles. The second kappa shape index (κ2) is 6.36. The van der Waals surface area contributed by atoms with Gasteiger partial charge in [-0.2, -0.15) is 0 Å². The summed E-state index contributed by atoms with van der Waals surface area (Å²) in [6.07, 6.45) is 2.85. The van der Waals surface area contributed by atoms with Crippen LogP contribution in [-0.2, 0) is 19.5 Å². The maximum Gasteiger partial charge on any atom is 0.337 e. The van der Waals surface area contributed by atoms with Gasteiger partial charge in [-0.25, -0.2) is 14.8 Å². The number of aromatic carboxylic acids is 1. The van der Waals surface area contributed by atoms with Gasteiger partial charge < -0.3 is 10.1 Å². The fourth-order valence-corrected chi connectivity index (χ4v) is 3.32. The number of carboxylic acid groups (broad SMARTS) is 1. The van der Waals surface area contributed by atoms with Crippen LogP contribution in [0.4, 0.5) is 0 Å². The number of nitrogens with one attached hydrogen (secondary N) is 1. The molecule has 1 aliphatic rings. The van der Waals surface area contributed by atoms with Crippen LogP contribution >= 0.6 is 0 Å². The molecule has 0 saturated carbocycles. The van der Waals surface area contributed by atoms with Crippen LogP contribution in [0.25, 0.3) is 0 Å². The zero-order valence-corrected chi connectivity index (χ0v) is 14.7. The van der Waals surface area contributed by atoms with E-state index in [1.165, 1.54) is 5.56 Å². The van der Waals surface area contributed by atoms with Crippen LogP contribution < -0.4 is 0 Å². The first-order valence-electron chi connectivity index (χ1n) is 8.35. The van der Waals surface area contributed by atoms with Crippen molar-refractivity contribution >= 4 is 5.97 Å². The predicted molar refractivity (Wildman–Crippen MR) is 91.2 cm³/mol. The highest BCUT2D eigenvalue weighted by atomic mass is 16.4. The maximum absolute atomic E-state index is 11.3. The lowest BCUT2D eigenvalue weighted by molar-refractivity contribution is 0.0695. The van der Waals surface area contributed by atoms with Gasteiger partial charge in [0.1, 0.15) is 5.82 Å². The van der Waals surface area contributed by atoms with Crippen molar-refractivity contribution in [2.24, 2.45) is 0 Å². The van der Waals surface area contributed by atoms with Crippen LogP contribution in [0, 0.1) is 13.8 Å². The molecule has 3 rings (SSSR count). The van der Waals surface area contributed by atoms with Crippen molar-refractivity contribution < 1.29 is 9.90 Å². The van der Waals surface area contributed by atoms with E-state index in [4.69, 9.17) is 0 Å². The molecule has 0 aliphatic carbocycles. The number of aromatic nitrogens is 3. The molecule has 0 amide bonds. The summed E-state index contributed by atoms with van der Waals surface area (Å²) >= 11 is 0. The summed E-state index contributed by atoms with van der Waals surface area (Å²) in [5, 5.41) is 9.32. The lowest BCUT2D eigenvalue weighted by Crippen LogP contribution is -2.31. The smallest absolute Gasteiger partial charge is 0.337 e. The molecule has 0 bridgehead atoms. The van der Waals surface area contributed by atoms with Gasteiger partial charge in [-0.15, -0.1) is 0 Å². The van der Waals surface area contributed by atoms with E-state index in [0.29, 0.717) is 18.0 Å². The van der Waals surface area contributed by atoms with Crippen molar-refractivity contribution in [1.82, 2.24) is 19.9 Å². The molecule has 0 unspecified atom stereocenters. The highest BCUT2D eigenvalue weighted by Gasteiger charge is 2.22. The van der Waals surface area contributed by atoms with Gasteiger partial charge in [0, 0.05) is 60.8 Å². The lowest BCUT2D eigenvalue weighted by Gasteiger charge is -2.28. The standard InChI is InChI=1S/C18H24N4O2/c1-10(2)17-19-7-13-8-22(6-5-14(13)21-17)9-15-11(3)16(18(23)24)12(4)20-15/h7,10,20H,5-6,8-9H2,1-4H3,(H,23,24). The van der Waals surface area contributed by atoms with Crippen LogP contribution in [0.3, 0.4) is 0 Å². The fraction of sp³-hybridized carbons (Fsp3) is 0.500. The lowest BCUT2D eigenvalue weighted by atomic mass is 10.1. The third-order valence-electron chi connectivity index (χ3n) is 4.68. The molecule has 3 heterocycles. The van der Waals surface area contributed by atoms with Crippen molar-refractivity contribution in [2.75, 3.05) is 6.54 Å². The van der Waals surface area contributed by atoms with Crippen molar-refractivity contribution in [3.63, 3.8) is 0 Å². The van der Waals surface area contributed by atoms with Crippen molar-refractivity contribution in [1.29, 1.82) is 0 Å². The molecule has 128 valence electrons. The Labute approximate surface area is 141 Å². The number of nitrogens with zero attached hydrogens (tertiary/aromatic N) is 3. The first-order valence-corrected chi connectivity index (χ1v) is 8.35. The largest absolute Gasteiger partial charge is 0.478 e. The Bertz CT molecular complexity index is 780. The van der Waals surface area contributed by atoms with Gasteiger partial charge in [-0.3, -0.25) is 4.90 Å². The van der Waals surface area contributed by atoms with Crippen LogP contribution in [0.5, 0.6) is 0 Å². The molecule has 6 heteroatoms. The minimum atomic E-state index is -0.869. The topological polar surface area (TPSA) is 82.1 Å². The Hall–Kier alpha value is -2.21. The number of H-pyrrole nitrogens is 1. The maximum atomic E-state index is 11.3. The third-order valence-corrected chi connectivity index (χ3v) is 4.68. The molecule has 6 nitrogen and oxygen atoms in total. The molecule has 24 heavy (non-hydrogen) atoms. The second-order valence-electron chi connectivity index (χ2n) is 6.85. The second-order valence-corrected chi connectivity index (χ2v) is 6.85. The van der Waals surface area contributed by atoms with Gasteiger partial charge in [0.25, 0.3) is 0 Å². The molecular formula is C18H24N4O2. The number of fused-ring (bicyclic) bond motifs is 1. The molecule has 0 fully saturated rings. The summed E-state index contributed by atoms with van der Waals surface area (Å²) in [7, 11) is 0. The van der Waals surface area contributed by atoms with Crippen LogP contribution in [0.15, 0.2) is 6.20 Å². The van der Waals surface area contributed by atoms with E-state index >= 15 is 0 Å². The molecule has 0 aromatic carbocycles. The summed E-state index contributed by atoms with van der Waals surface area (Å²) in [4.78, 5) is 26.1. The van der Waals surface area contributed by atoms with E-state index in [-0.39, 0.29) is 0 Å². The predicted octanol–water partition coefficient (Wildman–Crippen LogP) is 2.80. The highest BCUT2D eigenvalue weighted by Crippen LogP contribution is 2.23. The Morgan fingerprint density at radius 2 is 2.17 bits per heavy atom. The first kappa shape index (κ1) is 16.6. The molecule has 2 aromatic heterocycles. The average Bonchev–Trinajstić information content (AvgIpc) is 2.80. The Morgan fingerprint density at radius 3 is 2.79 bits per heavy atom. The van der Waals surface area contributed by atoms with E-state index in [1.54, 1.807) is 0 Å². The van der Waals surface area contributed by atoms with Gasteiger partial charge in [-0.05, 0) is 19.4 Å². The number of aromatic amines is 1. The number of hydrogen-bond donors (Lipinski definition) is 2. The first-order chi connectivity index (χ1) is 11.4. The molecule has 0 spiro atoms. The van der Waals surface area contributed by atoms with E-state index in [2.05, 4.69) is 33.7 Å². The molecule has 2 aromatic rings. The molecule has 0 radical (unpaired) electrons. The van der Waals surface area contributed by atoms with E-state index in [9.17, 15) is 9.90 Å². The third kappa shape index (κ3) is 3.06. The number of hydrogen-bond acceptors (Lipinski definition) is 4. The van der Waals surface area contributed by atoms with E-state index < -0.39 is 5.97 Å². The average molecular weight is 328 g/mol. The number of aryl methyl sites for hydroxylation is 1. The summed E-state index contributed by atoms with van der Waals surface area (Å²) in [5.74, 6) is 0.377.